The van der Waals surface area contributed by atoms with Crippen LogP contribution in [0.5, 0.6) is 11.5 Å². The number of carbonyl (C=O) groups excluding carboxylic acids is 2. The lowest BCUT2D eigenvalue weighted by molar-refractivity contribution is -0.0773. The third-order valence-electron chi connectivity index (χ3n) is 12.2. The second-order valence-corrected chi connectivity index (χ2v) is 16.8. The van der Waals surface area contributed by atoms with Crippen molar-refractivity contribution in [2.45, 2.75) is 83.0 Å². The van der Waals surface area contributed by atoms with Crippen molar-refractivity contribution in [2.75, 3.05) is 26.1 Å². The van der Waals surface area contributed by atoms with Gasteiger partial charge in [-0.3, -0.25) is 4.79 Å². The lowest BCUT2D eigenvalue weighted by Gasteiger charge is -2.46. The number of thiophene rings is 1. The summed E-state index contributed by atoms with van der Waals surface area (Å²) in [5.41, 5.74) is 3.00. The molecule has 2 bridgehead atoms. The van der Waals surface area contributed by atoms with Crippen molar-refractivity contribution < 1.29 is 29.3 Å². The SMILES string of the molecule is COc1ccc(CN(CC2(O)CCC3c4ccc(cc4C(=O)c4cc5ccccc5s4)CC(O)CCC(C)=CCCC32C)C(=O)Nc2ccccc2)c(OC)c1. The molecule has 3 N–H and O–H groups in total. The number of carbonyl (C=O) groups is 2. The van der Waals surface area contributed by atoms with Crippen LogP contribution in [-0.2, 0) is 13.0 Å². The number of para-hydroxylation sites is 1. The number of nitrogens with zero attached hydrogens (tertiary/aromatic N) is 1. The van der Waals surface area contributed by atoms with Gasteiger partial charge >= 0.3 is 6.03 Å². The molecule has 0 aliphatic heterocycles. The molecule has 56 heavy (non-hydrogen) atoms. The van der Waals surface area contributed by atoms with Crippen LogP contribution in [0, 0.1) is 5.41 Å². The zero-order valence-corrected chi connectivity index (χ0v) is 33.5. The predicted octanol–water partition coefficient (Wildman–Crippen LogP) is 9.92. The van der Waals surface area contributed by atoms with Crippen molar-refractivity contribution in [3.8, 4) is 11.5 Å². The number of benzene rings is 4. The first-order valence-corrected chi connectivity index (χ1v) is 20.4. The molecule has 1 aromatic heterocycles. The van der Waals surface area contributed by atoms with Gasteiger partial charge in [0.15, 0.2) is 0 Å². The number of ketones is 1. The molecule has 9 heteroatoms. The van der Waals surface area contributed by atoms with Gasteiger partial charge in [0.1, 0.15) is 11.5 Å². The van der Waals surface area contributed by atoms with Gasteiger partial charge in [0.2, 0.25) is 5.78 Å². The smallest absolute Gasteiger partial charge is 0.322 e. The Kier molecular flexibility index (Phi) is 11.7. The molecule has 292 valence electrons. The standard InChI is InChI=1S/C47H52N2O6S/c1-31-11-10-23-46(2)40(38-21-17-32(25-36(50)19-16-31)26-39(38)44(51)43-27-33-12-8-9-15-42(33)56-43)22-24-47(46,53)30-49(45(52)48-35-13-6-5-7-14-35)29-34-18-20-37(54-3)28-41(34)55-4/h5-9,11-15,17-18,20-21,26-28,36,40,50,53H,10,16,19,22-25,29-30H2,1-4H3,(H,48,52). The monoisotopic (exact) mass is 772 g/mol. The minimum absolute atomic E-state index is 0.0476. The molecule has 2 amide bonds. The Bertz CT molecular complexity index is 2200. The number of nitrogens with one attached hydrogen (secondary N) is 1. The minimum Gasteiger partial charge on any atom is -0.497 e. The fourth-order valence-corrected chi connectivity index (χ4v) is 9.87. The average molecular weight is 773 g/mol. The van der Waals surface area contributed by atoms with Crippen molar-refractivity contribution >= 4 is 38.9 Å². The summed E-state index contributed by atoms with van der Waals surface area (Å²) in [4.78, 5) is 31.4. The van der Waals surface area contributed by atoms with Gasteiger partial charge in [-0.05, 0) is 117 Å². The van der Waals surface area contributed by atoms with E-state index in [-0.39, 0.29) is 30.8 Å². The summed E-state index contributed by atoms with van der Waals surface area (Å²) in [7, 11) is 3.19. The number of ether oxygens (including phenoxy) is 2. The van der Waals surface area contributed by atoms with Gasteiger partial charge in [0.05, 0.1) is 43.9 Å². The normalized spacial score (nSPS) is 22.5. The van der Waals surface area contributed by atoms with E-state index < -0.39 is 17.1 Å². The first kappa shape index (κ1) is 39.3. The Morgan fingerprint density at radius 1 is 0.929 bits per heavy atom. The quantitative estimate of drug-likeness (QED) is 0.102. The molecular formula is C47H52N2O6S. The van der Waals surface area contributed by atoms with E-state index in [1.807, 2.05) is 84.9 Å². The highest BCUT2D eigenvalue weighted by atomic mass is 32.1. The number of hydrogen-bond donors (Lipinski definition) is 3. The number of anilines is 1. The van der Waals surface area contributed by atoms with Crippen LogP contribution < -0.4 is 14.8 Å². The molecular weight excluding hydrogens is 721 g/mol. The minimum atomic E-state index is -1.32. The molecule has 1 saturated carbocycles. The number of aliphatic hydroxyl groups is 2. The second kappa shape index (κ2) is 16.6. The largest absolute Gasteiger partial charge is 0.497 e. The van der Waals surface area contributed by atoms with Gasteiger partial charge in [0, 0.05) is 33.0 Å². The molecule has 5 aromatic rings. The summed E-state index contributed by atoms with van der Waals surface area (Å²) >= 11 is 1.49. The van der Waals surface area contributed by atoms with Crippen LogP contribution in [0.4, 0.5) is 10.5 Å². The molecule has 1 fully saturated rings. The highest BCUT2D eigenvalue weighted by molar-refractivity contribution is 7.21. The number of amides is 2. The molecule has 3 aliphatic rings. The van der Waals surface area contributed by atoms with Crippen LogP contribution in [0.15, 0.2) is 109 Å². The molecule has 0 spiro atoms. The molecule has 0 saturated heterocycles. The Hall–Kier alpha value is -4.96. The zero-order chi connectivity index (χ0) is 39.5. The first-order valence-electron chi connectivity index (χ1n) is 19.5. The van der Waals surface area contributed by atoms with E-state index in [9.17, 15) is 19.8 Å². The number of urea groups is 1. The second-order valence-electron chi connectivity index (χ2n) is 15.8. The number of fused-ring (bicyclic) bond motifs is 9. The molecule has 4 unspecified atom stereocenters. The van der Waals surface area contributed by atoms with Crippen LogP contribution in [0.25, 0.3) is 10.1 Å². The molecule has 4 atom stereocenters. The Morgan fingerprint density at radius 3 is 2.48 bits per heavy atom. The number of allylic oxidation sites excluding steroid dienone is 2. The Morgan fingerprint density at radius 2 is 1.71 bits per heavy atom. The van der Waals surface area contributed by atoms with E-state index in [1.54, 1.807) is 25.2 Å². The maximum atomic E-state index is 14.7. The fourth-order valence-electron chi connectivity index (χ4n) is 8.85. The van der Waals surface area contributed by atoms with Gasteiger partial charge in [-0.25, -0.2) is 4.79 Å². The summed E-state index contributed by atoms with van der Waals surface area (Å²) in [6.45, 7) is 4.49. The summed E-state index contributed by atoms with van der Waals surface area (Å²) in [6.07, 6.45) is 5.93. The predicted molar refractivity (Wildman–Crippen MR) is 224 cm³/mol. The number of rotatable bonds is 9. The maximum Gasteiger partial charge on any atom is 0.322 e. The molecule has 1 heterocycles. The van der Waals surface area contributed by atoms with Gasteiger partial charge in [0.25, 0.3) is 0 Å². The summed E-state index contributed by atoms with van der Waals surface area (Å²) in [5, 5.41) is 28.4. The summed E-state index contributed by atoms with van der Waals surface area (Å²) < 4.78 is 12.3. The number of hydrogen-bond acceptors (Lipinski definition) is 7. The van der Waals surface area contributed by atoms with E-state index in [0.717, 1.165) is 33.2 Å². The highest BCUT2D eigenvalue weighted by Gasteiger charge is 2.57. The Labute approximate surface area is 333 Å². The van der Waals surface area contributed by atoms with E-state index in [0.29, 0.717) is 66.2 Å². The van der Waals surface area contributed by atoms with Crippen molar-refractivity contribution in [2.24, 2.45) is 5.41 Å². The van der Waals surface area contributed by atoms with Crippen molar-refractivity contribution in [3.63, 3.8) is 0 Å². The topological polar surface area (TPSA) is 108 Å². The van der Waals surface area contributed by atoms with Gasteiger partial charge in [-0.1, -0.05) is 67.1 Å². The molecule has 8 rings (SSSR count). The molecule has 8 nitrogen and oxygen atoms in total. The maximum absolute atomic E-state index is 14.7. The molecule has 4 aromatic carbocycles. The number of methoxy groups -OCH3 is 2. The summed E-state index contributed by atoms with van der Waals surface area (Å²) in [6, 6.07) is 30.6. The van der Waals surface area contributed by atoms with Gasteiger partial charge in [-0.2, -0.15) is 0 Å². The van der Waals surface area contributed by atoms with E-state index in [1.165, 1.54) is 16.9 Å². The molecule has 0 radical (unpaired) electrons. The lowest BCUT2D eigenvalue weighted by Crippen LogP contribution is -2.54. The lowest BCUT2D eigenvalue weighted by atomic mass is 9.64. The van der Waals surface area contributed by atoms with Crippen molar-refractivity contribution in [3.05, 3.63) is 136 Å². The summed E-state index contributed by atoms with van der Waals surface area (Å²) in [5.74, 6) is 0.984. The van der Waals surface area contributed by atoms with Crippen LogP contribution >= 0.6 is 11.3 Å². The van der Waals surface area contributed by atoms with Crippen LogP contribution in [0.1, 0.15) is 90.2 Å². The van der Waals surface area contributed by atoms with Crippen LogP contribution in [0.3, 0.4) is 0 Å². The van der Waals surface area contributed by atoms with Crippen LogP contribution in [0.2, 0.25) is 0 Å². The fraction of sp³-hybridized carbons (Fsp3) is 0.362. The first-order chi connectivity index (χ1) is 27.0. The average Bonchev–Trinajstić information content (AvgIpc) is 3.75. The van der Waals surface area contributed by atoms with E-state index >= 15 is 0 Å². The zero-order valence-electron chi connectivity index (χ0n) is 32.7. The van der Waals surface area contributed by atoms with E-state index in [2.05, 4.69) is 31.3 Å². The van der Waals surface area contributed by atoms with Crippen LogP contribution in [-0.4, -0.2) is 59.4 Å². The van der Waals surface area contributed by atoms with Crippen molar-refractivity contribution in [1.29, 1.82) is 0 Å². The van der Waals surface area contributed by atoms with Crippen molar-refractivity contribution in [1.82, 2.24) is 4.90 Å². The van der Waals surface area contributed by atoms with Gasteiger partial charge in [-0.15, -0.1) is 11.3 Å². The third-order valence-corrected chi connectivity index (χ3v) is 13.3. The third kappa shape index (κ3) is 8.12. The van der Waals surface area contributed by atoms with Gasteiger partial charge < -0.3 is 29.9 Å². The molecule has 3 aliphatic carbocycles. The highest BCUT2D eigenvalue weighted by Crippen LogP contribution is 2.59. The number of aliphatic hydroxyl groups excluding tert-OH is 1. The Balaban J connectivity index is 1.31. The van der Waals surface area contributed by atoms with E-state index in [4.69, 9.17) is 9.47 Å².